The van der Waals surface area contributed by atoms with Crippen LogP contribution in [0.2, 0.25) is 0 Å². The molecule has 1 aliphatic heterocycles. The second-order valence-corrected chi connectivity index (χ2v) is 7.19. The van der Waals surface area contributed by atoms with E-state index in [1.807, 2.05) is 31.2 Å². The Bertz CT molecular complexity index is 963. The molecule has 1 aliphatic rings. The summed E-state index contributed by atoms with van der Waals surface area (Å²) in [4.78, 5) is 27.3. The number of oxazole rings is 1. The third-order valence-corrected chi connectivity index (χ3v) is 5.09. The van der Waals surface area contributed by atoms with E-state index in [0.717, 1.165) is 17.3 Å². The molecule has 7 nitrogen and oxygen atoms in total. The molecule has 2 amide bonds. The van der Waals surface area contributed by atoms with Crippen molar-refractivity contribution >= 4 is 22.9 Å². The topological polar surface area (TPSA) is 94.6 Å². The Balaban J connectivity index is 1.36. The summed E-state index contributed by atoms with van der Waals surface area (Å²) in [7, 11) is 0. The average molecular weight is 384 g/mol. The minimum atomic E-state index is -0.373. The molecule has 27 heavy (non-hydrogen) atoms. The molecule has 1 aromatic carbocycles. The van der Waals surface area contributed by atoms with Gasteiger partial charge in [-0.1, -0.05) is 23.9 Å². The molecule has 1 saturated heterocycles. The molecule has 0 spiro atoms. The number of amides is 2. The summed E-state index contributed by atoms with van der Waals surface area (Å²) in [5.74, 6) is 2.11. The first-order valence-electron chi connectivity index (χ1n) is 8.32. The predicted molar refractivity (Wildman–Crippen MR) is 98.3 cm³/mol. The Morgan fingerprint density at radius 2 is 2.04 bits per heavy atom. The number of hydrogen-bond donors (Lipinski definition) is 1. The van der Waals surface area contributed by atoms with Crippen LogP contribution in [0.4, 0.5) is 4.79 Å². The third-order valence-electron chi connectivity index (χ3n) is 4.11. The van der Waals surface area contributed by atoms with Crippen molar-refractivity contribution in [3.63, 3.8) is 0 Å². The number of aromatic nitrogens is 1. The van der Waals surface area contributed by atoms with Crippen LogP contribution < -0.4 is 10.1 Å². The molecule has 8 heteroatoms. The van der Waals surface area contributed by atoms with Crippen molar-refractivity contribution in [2.24, 2.45) is 0 Å². The van der Waals surface area contributed by atoms with E-state index in [0.29, 0.717) is 35.3 Å². The van der Waals surface area contributed by atoms with Crippen LogP contribution >= 0.6 is 11.8 Å². The number of nitrogens with zero attached hydrogens (tertiary/aromatic N) is 1. The fraction of sp³-hybridized carbons (Fsp3) is 0.211. The van der Waals surface area contributed by atoms with Gasteiger partial charge in [0, 0.05) is 0 Å². The summed E-state index contributed by atoms with van der Waals surface area (Å²) in [5, 5.41) is 1.63. The van der Waals surface area contributed by atoms with E-state index in [-0.39, 0.29) is 23.0 Å². The summed E-state index contributed by atoms with van der Waals surface area (Å²) >= 11 is 1.03. The second-order valence-electron chi connectivity index (χ2n) is 6.02. The van der Waals surface area contributed by atoms with Gasteiger partial charge in [-0.3, -0.25) is 14.9 Å². The zero-order valence-electron chi connectivity index (χ0n) is 14.4. The lowest BCUT2D eigenvalue weighted by Crippen LogP contribution is -2.25. The van der Waals surface area contributed by atoms with E-state index in [1.54, 1.807) is 18.4 Å². The van der Waals surface area contributed by atoms with E-state index >= 15 is 0 Å². The molecule has 1 N–H and O–H groups in total. The average Bonchev–Trinajstić information content (AvgIpc) is 3.36. The maximum Gasteiger partial charge on any atom is 0.286 e. The lowest BCUT2D eigenvalue weighted by atomic mass is 10.1. The van der Waals surface area contributed by atoms with Crippen molar-refractivity contribution < 1.29 is 23.2 Å². The molecule has 0 bridgehead atoms. The summed E-state index contributed by atoms with van der Waals surface area (Å²) in [5.41, 5.74) is 1.66. The van der Waals surface area contributed by atoms with Gasteiger partial charge in [0.05, 0.1) is 11.5 Å². The highest BCUT2D eigenvalue weighted by Gasteiger charge is 2.31. The molecule has 3 heterocycles. The normalized spacial score (nSPS) is 16.6. The fourth-order valence-electron chi connectivity index (χ4n) is 2.68. The lowest BCUT2D eigenvalue weighted by Gasteiger charge is -2.08. The lowest BCUT2D eigenvalue weighted by molar-refractivity contribution is -0.118. The summed E-state index contributed by atoms with van der Waals surface area (Å²) in [6, 6.07) is 11.0. The molecular formula is C19H16N2O5S. The highest BCUT2D eigenvalue weighted by molar-refractivity contribution is 8.15. The molecule has 138 valence electrons. The molecule has 2 aromatic heterocycles. The number of imide groups is 1. The van der Waals surface area contributed by atoms with Crippen LogP contribution in [-0.2, 0) is 17.8 Å². The predicted octanol–water partition coefficient (Wildman–Crippen LogP) is 3.72. The van der Waals surface area contributed by atoms with Gasteiger partial charge in [0.1, 0.15) is 23.8 Å². The number of carbonyl (C=O) groups is 2. The zero-order chi connectivity index (χ0) is 18.8. The number of aryl methyl sites for hydroxylation is 1. The van der Waals surface area contributed by atoms with Crippen molar-refractivity contribution in [3.8, 4) is 17.4 Å². The first-order chi connectivity index (χ1) is 13.1. The number of hydrogen-bond acceptors (Lipinski definition) is 7. The Morgan fingerprint density at radius 1 is 1.22 bits per heavy atom. The van der Waals surface area contributed by atoms with Gasteiger partial charge in [0.15, 0.2) is 5.76 Å². The van der Waals surface area contributed by atoms with Crippen LogP contribution in [0.25, 0.3) is 11.7 Å². The maximum atomic E-state index is 11.6. The number of benzene rings is 1. The number of furan rings is 1. The van der Waals surface area contributed by atoms with Crippen LogP contribution in [0.15, 0.2) is 51.5 Å². The van der Waals surface area contributed by atoms with Crippen molar-refractivity contribution in [1.29, 1.82) is 0 Å². The van der Waals surface area contributed by atoms with E-state index < -0.39 is 0 Å². The first-order valence-corrected chi connectivity index (χ1v) is 9.20. The van der Waals surface area contributed by atoms with Crippen LogP contribution in [-0.4, -0.2) is 21.4 Å². The standard InChI is InChI=1S/C19H16N2O5S/c1-11-14(20-18(26-11)15-3-2-8-24-15)10-25-13-6-4-12(5-7-13)9-16-17(22)21-19(23)27-16/h2-8,16H,9-10H2,1H3,(H,21,22,23). The first kappa shape index (κ1) is 17.4. The van der Waals surface area contributed by atoms with Gasteiger partial charge in [-0.2, -0.15) is 0 Å². The Morgan fingerprint density at radius 3 is 2.70 bits per heavy atom. The molecule has 1 fully saturated rings. The quantitative estimate of drug-likeness (QED) is 0.692. The van der Waals surface area contributed by atoms with Crippen LogP contribution in [0, 0.1) is 6.92 Å². The largest absolute Gasteiger partial charge is 0.487 e. The maximum absolute atomic E-state index is 11.6. The number of rotatable bonds is 6. The fourth-order valence-corrected chi connectivity index (χ4v) is 3.54. The SMILES string of the molecule is Cc1oc(-c2ccco2)nc1COc1ccc(CC2SC(=O)NC2=O)cc1. The van der Waals surface area contributed by atoms with Crippen molar-refractivity contribution in [2.75, 3.05) is 0 Å². The van der Waals surface area contributed by atoms with Gasteiger partial charge < -0.3 is 13.6 Å². The van der Waals surface area contributed by atoms with Gasteiger partial charge in [-0.05, 0) is 43.2 Å². The number of nitrogens with one attached hydrogen (secondary N) is 1. The molecule has 3 aromatic rings. The van der Waals surface area contributed by atoms with Gasteiger partial charge in [0.2, 0.25) is 5.91 Å². The van der Waals surface area contributed by atoms with Crippen LogP contribution in [0.1, 0.15) is 17.0 Å². The van der Waals surface area contributed by atoms with Crippen molar-refractivity contribution in [2.45, 2.75) is 25.2 Å². The molecular weight excluding hydrogens is 368 g/mol. The highest BCUT2D eigenvalue weighted by Crippen LogP contribution is 2.25. The molecule has 4 rings (SSSR count). The molecule has 0 aliphatic carbocycles. The molecule has 1 unspecified atom stereocenters. The zero-order valence-corrected chi connectivity index (χ0v) is 15.2. The summed E-state index contributed by atoms with van der Waals surface area (Å²) in [6.45, 7) is 2.09. The van der Waals surface area contributed by atoms with Gasteiger partial charge >= 0.3 is 0 Å². The van der Waals surface area contributed by atoms with Crippen LogP contribution in [0.5, 0.6) is 5.75 Å². The summed E-state index contributed by atoms with van der Waals surface area (Å²) < 4.78 is 16.7. The molecule has 0 saturated carbocycles. The number of carbonyl (C=O) groups excluding carboxylic acids is 2. The Hall–Kier alpha value is -3.00. The van der Waals surface area contributed by atoms with Crippen molar-refractivity contribution in [3.05, 3.63) is 59.7 Å². The smallest absolute Gasteiger partial charge is 0.286 e. The molecule has 1 atom stereocenters. The highest BCUT2D eigenvalue weighted by atomic mass is 32.2. The minimum Gasteiger partial charge on any atom is -0.487 e. The van der Waals surface area contributed by atoms with E-state index in [1.165, 1.54) is 0 Å². The third kappa shape index (κ3) is 3.90. The second kappa shape index (κ2) is 7.32. The van der Waals surface area contributed by atoms with Gasteiger partial charge in [0.25, 0.3) is 11.1 Å². The Labute approximate surface area is 159 Å². The molecule has 0 radical (unpaired) electrons. The monoisotopic (exact) mass is 384 g/mol. The van der Waals surface area contributed by atoms with Gasteiger partial charge in [-0.15, -0.1) is 0 Å². The van der Waals surface area contributed by atoms with E-state index in [2.05, 4.69) is 10.3 Å². The van der Waals surface area contributed by atoms with Crippen molar-refractivity contribution in [1.82, 2.24) is 10.3 Å². The number of thioether (sulfide) groups is 1. The number of ether oxygens (including phenoxy) is 1. The van der Waals surface area contributed by atoms with E-state index in [4.69, 9.17) is 13.6 Å². The minimum absolute atomic E-state index is 0.237. The van der Waals surface area contributed by atoms with E-state index in [9.17, 15) is 9.59 Å². The summed E-state index contributed by atoms with van der Waals surface area (Å²) in [6.07, 6.45) is 2.06. The van der Waals surface area contributed by atoms with Gasteiger partial charge in [-0.25, -0.2) is 4.98 Å². The van der Waals surface area contributed by atoms with Crippen LogP contribution in [0.3, 0.4) is 0 Å². The Kier molecular flexibility index (Phi) is 4.72.